The third-order valence-corrected chi connectivity index (χ3v) is 1.79. The molecule has 1 aromatic rings. The number of benzene rings is 1. The van der Waals surface area contributed by atoms with Gasteiger partial charge in [-0.2, -0.15) is 0 Å². The van der Waals surface area contributed by atoms with Gasteiger partial charge in [0.05, 0.1) is 0 Å². The summed E-state index contributed by atoms with van der Waals surface area (Å²) in [4.78, 5) is 14.8. The first-order chi connectivity index (χ1) is 6.83. The van der Waals surface area contributed by atoms with Gasteiger partial charge in [-0.3, -0.25) is 9.79 Å². The maximum absolute atomic E-state index is 10.9. The molecule has 0 heterocycles. The first kappa shape index (κ1) is 11.2. The van der Waals surface area contributed by atoms with E-state index in [4.69, 9.17) is 4.74 Å². The zero-order valence-corrected chi connectivity index (χ0v) is 9.68. The van der Waals surface area contributed by atoms with Crippen molar-refractivity contribution in [1.82, 2.24) is 0 Å². The molecule has 4 heteroatoms. The van der Waals surface area contributed by atoms with Gasteiger partial charge in [-0.1, -0.05) is 30.3 Å². The molecule has 14 heavy (non-hydrogen) atoms. The summed E-state index contributed by atoms with van der Waals surface area (Å²) < 4.78 is 5.09. The van der Waals surface area contributed by atoms with Gasteiger partial charge in [-0.05, 0) is 28.2 Å². The van der Waals surface area contributed by atoms with E-state index in [9.17, 15) is 4.79 Å². The number of esters is 1. The predicted octanol–water partition coefficient (Wildman–Crippen LogP) is 2.04. The van der Waals surface area contributed by atoms with Gasteiger partial charge in [0.1, 0.15) is 11.2 Å². The van der Waals surface area contributed by atoms with Crippen LogP contribution in [-0.4, -0.2) is 23.3 Å². The van der Waals surface area contributed by atoms with Gasteiger partial charge in [0.25, 0.3) is 0 Å². The fourth-order valence-corrected chi connectivity index (χ4v) is 1.22. The molecule has 0 saturated heterocycles. The summed E-state index contributed by atoms with van der Waals surface area (Å²) in [7, 11) is 0. The molecular weight excluding hydrogens is 293 g/mol. The highest BCUT2D eigenvalue weighted by Crippen LogP contribution is 1.94. The largest absolute Gasteiger partial charge is 0.454 e. The van der Waals surface area contributed by atoms with Crippen LogP contribution >= 0.6 is 22.6 Å². The minimum absolute atomic E-state index is 0.0812. The number of ether oxygens (including phenoxy) is 1. The number of hydrogen-bond donors (Lipinski definition) is 0. The van der Waals surface area contributed by atoms with Crippen LogP contribution in [0.4, 0.5) is 0 Å². The van der Waals surface area contributed by atoms with Crippen molar-refractivity contribution in [1.29, 1.82) is 0 Å². The van der Waals surface area contributed by atoms with Crippen LogP contribution in [0.25, 0.3) is 0 Å². The highest BCUT2D eigenvalue weighted by atomic mass is 127. The van der Waals surface area contributed by atoms with Gasteiger partial charge >= 0.3 is 5.97 Å². The van der Waals surface area contributed by atoms with E-state index in [0.29, 0.717) is 4.61 Å². The summed E-state index contributed by atoms with van der Waals surface area (Å²) in [6, 6.07) is 9.62. The monoisotopic (exact) mass is 303 g/mol. The molecule has 0 unspecified atom stereocenters. The molecule has 1 rings (SSSR count). The van der Waals surface area contributed by atoms with Crippen molar-refractivity contribution in [2.45, 2.75) is 0 Å². The van der Waals surface area contributed by atoms with Crippen LogP contribution in [0.1, 0.15) is 5.56 Å². The molecule has 0 atom stereocenters. The van der Waals surface area contributed by atoms with E-state index >= 15 is 0 Å². The third kappa shape index (κ3) is 4.36. The van der Waals surface area contributed by atoms with E-state index in [1.807, 2.05) is 52.9 Å². The first-order valence-corrected chi connectivity index (χ1v) is 5.62. The molecule has 3 nitrogen and oxygen atoms in total. The fourth-order valence-electron chi connectivity index (χ4n) is 0.871. The number of aliphatic imine (C=N–C) groups is 1. The average molecular weight is 303 g/mol. The summed E-state index contributed by atoms with van der Waals surface area (Å²) in [6.45, 7) is 0.0812. The Kier molecular flexibility index (Phi) is 5.21. The number of alkyl halides is 1. The Morgan fingerprint density at radius 3 is 2.79 bits per heavy atom. The molecule has 0 fully saturated rings. The lowest BCUT2D eigenvalue weighted by atomic mass is 10.2. The Balaban J connectivity index is 2.38. The molecule has 0 bridgehead atoms. The van der Waals surface area contributed by atoms with Gasteiger partial charge < -0.3 is 4.74 Å². The number of carbonyl (C=O) groups excluding carboxylic acids is 1. The Hall–Kier alpha value is -0.910. The van der Waals surface area contributed by atoms with Crippen LogP contribution in [0.2, 0.25) is 0 Å². The number of nitrogens with zero attached hydrogens (tertiary/aromatic N) is 1. The van der Waals surface area contributed by atoms with E-state index in [1.165, 1.54) is 0 Å². The summed E-state index contributed by atoms with van der Waals surface area (Å²) >= 11 is 1.97. The summed E-state index contributed by atoms with van der Waals surface area (Å²) in [5.74, 6) is -0.299. The van der Waals surface area contributed by atoms with Crippen LogP contribution in [-0.2, 0) is 9.53 Å². The van der Waals surface area contributed by atoms with Gasteiger partial charge in [0.15, 0.2) is 0 Å². The molecule has 0 aliphatic rings. The van der Waals surface area contributed by atoms with Crippen molar-refractivity contribution in [2.75, 3.05) is 11.2 Å². The smallest absolute Gasteiger partial charge is 0.328 e. The Morgan fingerprint density at radius 2 is 2.14 bits per heavy atom. The van der Waals surface area contributed by atoms with E-state index in [0.717, 1.165) is 5.56 Å². The third-order valence-electron chi connectivity index (χ3n) is 1.48. The van der Waals surface area contributed by atoms with Gasteiger partial charge in [0.2, 0.25) is 0 Å². The Labute approximate surface area is 96.3 Å². The number of hydrogen-bond acceptors (Lipinski definition) is 3. The highest BCUT2D eigenvalue weighted by Gasteiger charge is 1.97. The SMILES string of the molecule is O=C(C/N=C/c1ccccc1)OCI. The molecular formula is C10H10INO2. The fraction of sp³-hybridized carbons (Fsp3) is 0.200. The maximum Gasteiger partial charge on any atom is 0.328 e. The van der Waals surface area contributed by atoms with Crippen LogP contribution in [0.5, 0.6) is 0 Å². The molecule has 0 N–H and O–H groups in total. The molecule has 0 aliphatic carbocycles. The van der Waals surface area contributed by atoms with E-state index in [-0.39, 0.29) is 12.5 Å². The lowest BCUT2D eigenvalue weighted by Gasteiger charge is -1.95. The molecule has 0 aliphatic heterocycles. The second-order valence-corrected chi connectivity index (χ2v) is 3.13. The predicted molar refractivity (Wildman–Crippen MR) is 63.9 cm³/mol. The quantitative estimate of drug-likeness (QED) is 0.369. The lowest BCUT2D eigenvalue weighted by Crippen LogP contribution is -2.06. The average Bonchev–Trinajstić information content (AvgIpc) is 2.20. The summed E-state index contributed by atoms with van der Waals surface area (Å²) in [5.41, 5.74) is 0.981. The zero-order valence-electron chi connectivity index (χ0n) is 7.52. The zero-order chi connectivity index (χ0) is 10.2. The van der Waals surface area contributed by atoms with E-state index in [2.05, 4.69) is 4.99 Å². The van der Waals surface area contributed by atoms with Crippen molar-refractivity contribution in [3.63, 3.8) is 0 Å². The van der Waals surface area contributed by atoms with Crippen LogP contribution < -0.4 is 0 Å². The van der Waals surface area contributed by atoms with E-state index < -0.39 is 0 Å². The first-order valence-electron chi connectivity index (χ1n) is 4.09. The minimum Gasteiger partial charge on any atom is -0.454 e. The number of halogens is 1. The molecule has 0 saturated carbocycles. The van der Waals surface area contributed by atoms with E-state index in [1.54, 1.807) is 6.21 Å². The molecule has 0 aromatic heterocycles. The minimum atomic E-state index is -0.299. The van der Waals surface area contributed by atoms with Gasteiger partial charge in [-0.15, -0.1) is 0 Å². The molecule has 0 spiro atoms. The van der Waals surface area contributed by atoms with Crippen molar-refractivity contribution in [3.8, 4) is 0 Å². The highest BCUT2D eigenvalue weighted by molar-refractivity contribution is 14.1. The maximum atomic E-state index is 10.9. The second-order valence-electron chi connectivity index (χ2n) is 2.51. The Morgan fingerprint density at radius 1 is 1.43 bits per heavy atom. The molecule has 1 aromatic carbocycles. The lowest BCUT2D eigenvalue weighted by molar-refractivity contribution is -0.139. The van der Waals surface area contributed by atoms with Crippen molar-refractivity contribution in [3.05, 3.63) is 35.9 Å². The van der Waals surface area contributed by atoms with Crippen LogP contribution in [0.15, 0.2) is 35.3 Å². The Bertz CT molecular complexity index is 311. The number of carbonyl (C=O) groups is 1. The standard InChI is InChI=1S/C10H10INO2/c11-8-14-10(13)7-12-6-9-4-2-1-3-5-9/h1-6H,7-8H2/b12-6+. The van der Waals surface area contributed by atoms with Crippen LogP contribution in [0.3, 0.4) is 0 Å². The summed E-state index contributed by atoms with van der Waals surface area (Å²) in [6.07, 6.45) is 1.66. The number of rotatable bonds is 4. The molecule has 0 amide bonds. The van der Waals surface area contributed by atoms with Gasteiger partial charge in [-0.25, -0.2) is 0 Å². The van der Waals surface area contributed by atoms with Crippen LogP contribution in [0, 0.1) is 0 Å². The topological polar surface area (TPSA) is 38.7 Å². The normalized spacial score (nSPS) is 10.4. The molecule has 0 radical (unpaired) electrons. The second kappa shape index (κ2) is 6.53. The van der Waals surface area contributed by atoms with Crippen molar-refractivity contribution in [2.24, 2.45) is 4.99 Å². The molecule has 74 valence electrons. The summed E-state index contributed by atoms with van der Waals surface area (Å²) in [5, 5.41) is 0. The van der Waals surface area contributed by atoms with Crippen molar-refractivity contribution >= 4 is 34.8 Å². The van der Waals surface area contributed by atoms with Gasteiger partial charge in [0, 0.05) is 6.21 Å². The van der Waals surface area contributed by atoms with Crippen molar-refractivity contribution < 1.29 is 9.53 Å².